The molecule has 0 aliphatic carbocycles. The van der Waals surface area contributed by atoms with Gasteiger partial charge in [-0.3, -0.25) is 4.79 Å². The fourth-order valence-electron chi connectivity index (χ4n) is 1.36. The van der Waals surface area contributed by atoms with Gasteiger partial charge in [0.05, 0.1) is 6.04 Å². The Morgan fingerprint density at radius 2 is 2.13 bits per heavy atom. The zero-order valence-corrected chi connectivity index (χ0v) is 8.40. The SMILES string of the molecule is C#CC(C)NC(=O)C1CCC(C(=O)O)O1. The molecule has 3 atom stereocenters. The van der Waals surface area contributed by atoms with Crippen LogP contribution in [0.3, 0.4) is 0 Å². The van der Waals surface area contributed by atoms with Gasteiger partial charge in [-0.1, -0.05) is 5.92 Å². The normalized spacial score (nSPS) is 26.7. The molecule has 0 bridgehead atoms. The van der Waals surface area contributed by atoms with E-state index in [0.717, 1.165) is 0 Å². The monoisotopic (exact) mass is 211 g/mol. The van der Waals surface area contributed by atoms with Crippen LogP contribution in [0.1, 0.15) is 19.8 Å². The Morgan fingerprint density at radius 1 is 1.53 bits per heavy atom. The third kappa shape index (κ3) is 2.96. The van der Waals surface area contributed by atoms with Gasteiger partial charge in [0.1, 0.15) is 6.10 Å². The first-order valence-electron chi connectivity index (χ1n) is 4.69. The molecule has 0 saturated carbocycles. The summed E-state index contributed by atoms with van der Waals surface area (Å²) in [5.41, 5.74) is 0. The number of carbonyl (C=O) groups excluding carboxylic acids is 1. The highest BCUT2D eigenvalue weighted by Crippen LogP contribution is 2.19. The molecule has 1 aliphatic rings. The topological polar surface area (TPSA) is 75.6 Å². The summed E-state index contributed by atoms with van der Waals surface area (Å²) in [5, 5.41) is 11.2. The van der Waals surface area contributed by atoms with Crippen LogP contribution in [0, 0.1) is 12.3 Å². The number of hydrogen-bond donors (Lipinski definition) is 2. The van der Waals surface area contributed by atoms with Crippen LogP contribution in [-0.2, 0) is 14.3 Å². The molecule has 0 aromatic carbocycles. The van der Waals surface area contributed by atoms with E-state index >= 15 is 0 Å². The standard InChI is InChI=1S/C10H13NO4/c1-3-6(2)11-9(12)7-4-5-8(15-7)10(13)14/h1,6-8H,4-5H2,2H3,(H,11,12)(H,13,14). The van der Waals surface area contributed by atoms with Crippen molar-refractivity contribution in [3.63, 3.8) is 0 Å². The highest BCUT2D eigenvalue weighted by atomic mass is 16.5. The Labute approximate surface area is 87.8 Å². The number of aliphatic carboxylic acids is 1. The van der Waals surface area contributed by atoms with E-state index in [1.807, 2.05) is 0 Å². The molecule has 0 radical (unpaired) electrons. The van der Waals surface area contributed by atoms with Crippen molar-refractivity contribution < 1.29 is 19.4 Å². The first kappa shape index (κ1) is 11.5. The molecule has 1 heterocycles. The van der Waals surface area contributed by atoms with E-state index < -0.39 is 18.2 Å². The molecule has 0 aromatic rings. The molecule has 2 N–H and O–H groups in total. The van der Waals surface area contributed by atoms with Crippen molar-refractivity contribution >= 4 is 11.9 Å². The van der Waals surface area contributed by atoms with Crippen molar-refractivity contribution in [1.29, 1.82) is 0 Å². The number of hydrogen-bond acceptors (Lipinski definition) is 3. The number of ether oxygens (including phenoxy) is 1. The average molecular weight is 211 g/mol. The summed E-state index contributed by atoms with van der Waals surface area (Å²) in [6.45, 7) is 1.67. The fraction of sp³-hybridized carbons (Fsp3) is 0.600. The van der Waals surface area contributed by atoms with E-state index in [-0.39, 0.29) is 11.9 Å². The molecule has 0 spiro atoms. The minimum Gasteiger partial charge on any atom is -0.479 e. The number of nitrogens with one attached hydrogen (secondary N) is 1. The number of terminal acetylenes is 1. The predicted molar refractivity (Wildman–Crippen MR) is 52.0 cm³/mol. The molecule has 1 aliphatic heterocycles. The number of carbonyl (C=O) groups is 2. The second-order valence-corrected chi connectivity index (χ2v) is 3.43. The molecule has 15 heavy (non-hydrogen) atoms. The molecular formula is C10H13NO4. The second kappa shape index (κ2) is 4.80. The number of carboxylic acids is 1. The van der Waals surface area contributed by atoms with E-state index in [2.05, 4.69) is 11.2 Å². The van der Waals surface area contributed by atoms with Crippen LogP contribution in [0.2, 0.25) is 0 Å². The van der Waals surface area contributed by atoms with Crippen molar-refractivity contribution in [3.05, 3.63) is 0 Å². The van der Waals surface area contributed by atoms with Crippen molar-refractivity contribution in [2.75, 3.05) is 0 Å². The summed E-state index contributed by atoms with van der Waals surface area (Å²) in [5.74, 6) is 0.974. The van der Waals surface area contributed by atoms with Crippen molar-refractivity contribution in [1.82, 2.24) is 5.32 Å². The van der Waals surface area contributed by atoms with Gasteiger partial charge in [-0.25, -0.2) is 4.79 Å². The van der Waals surface area contributed by atoms with Gasteiger partial charge in [0.25, 0.3) is 0 Å². The molecule has 1 fully saturated rings. The van der Waals surface area contributed by atoms with Crippen LogP contribution in [0.15, 0.2) is 0 Å². The van der Waals surface area contributed by atoms with Crippen molar-refractivity contribution in [2.45, 2.75) is 38.0 Å². The van der Waals surface area contributed by atoms with Crippen LogP contribution in [0.4, 0.5) is 0 Å². The minimum absolute atomic E-state index is 0.343. The second-order valence-electron chi connectivity index (χ2n) is 3.43. The van der Waals surface area contributed by atoms with E-state index in [9.17, 15) is 9.59 Å². The maximum absolute atomic E-state index is 11.5. The average Bonchev–Trinajstić information content (AvgIpc) is 2.66. The van der Waals surface area contributed by atoms with Gasteiger partial charge >= 0.3 is 5.97 Å². The summed E-state index contributed by atoms with van der Waals surface area (Å²) in [6.07, 6.45) is 4.30. The molecule has 82 valence electrons. The first-order valence-corrected chi connectivity index (χ1v) is 4.69. The van der Waals surface area contributed by atoms with Crippen LogP contribution in [-0.4, -0.2) is 35.2 Å². The minimum atomic E-state index is -1.03. The Bertz CT molecular complexity index is 307. The van der Waals surface area contributed by atoms with Gasteiger partial charge in [0.2, 0.25) is 5.91 Å². The lowest BCUT2D eigenvalue weighted by atomic mass is 10.2. The van der Waals surface area contributed by atoms with Crippen LogP contribution >= 0.6 is 0 Å². The Morgan fingerprint density at radius 3 is 2.60 bits per heavy atom. The third-order valence-electron chi connectivity index (χ3n) is 2.20. The summed E-state index contributed by atoms with van der Waals surface area (Å²) >= 11 is 0. The molecule has 1 saturated heterocycles. The lowest BCUT2D eigenvalue weighted by molar-refractivity contribution is -0.151. The number of carboxylic acid groups (broad SMARTS) is 1. The molecule has 1 rings (SSSR count). The van der Waals surface area contributed by atoms with Gasteiger partial charge in [0.15, 0.2) is 6.10 Å². The lowest BCUT2D eigenvalue weighted by Gasteiger charge is -2.13. The highest BCUT2D eigenvalue weighted by Gasteiger charge is 2.34. The zero-order chi connectivity index (χ0) is 11.4. The molecular weight excluding hydrogens is 198 g/mol. The van der Waals surface area contributed by atoms with Crippen LogP contribution in [0.5, 0.6) is 0 Å². The summed E-state index contributed by atoms with van der Waals surface area (Å²) in [4.78, 5) is 22.0. The van der Waals surface area contributed by atoms with Gasteiger partial charge in [-0.2, -0.15) is 0 Å². The molecule has 5 heteroatoms. The van der Waals surface area contributed by atoms with E-state index in [0.29, 0.717) is 12.8 Å². The summed E-state index contributed by atoms with van der Waals surface area (Å²) < 4.78 is 5.05. The van der Waals surface area contributed by atoms with Gasteiger partial charge in [0, 0.05) is 0 Å². The predicted octanol–water partition coefficient (Wildman–Crippen LogP) is -0.244. The molecule has 0 aromatic heterocycles. The van der Waals surface area contributed by atoms with Crippen molar-refractivity contribution in [2.24, 2.45) is 0 Å². The Balaban J connectivity index is 2.44. The number of rotatable bonds is 3. The summed E-state index contributed by atoms with van der Waals surface area (Å²) in [7, 11) is 0. The maximum Gasteiger partial charge on any atom is 0.332 e. The smallest absolute Gasteiger partial charge is 0.332 e. The Hall–Kier alpha value is -1.54. The first-order chi connectivity index (χ1) is 7.04. The highest BCUT2D eigenvalue weighted by molar-refractivity contribution is 5.83. The van der Waals surface area contributed by atoms with Crippen LogP contribution in [0.25, 0.3) is 0 Å². The molecule has 1 amide bonds. The van der Waals surface area contributed by atoms with Crippen LogP contribution < -0.4 is 5.32 Å². The summed E-state index contributed by atoms with van der Waals surface area (Å²) in [6, 6.07) is -0.370. The largest absolute Gasteiger partial charge is 0.479 e. The van der Waals surface area contributed by atoms with E-state index in [1.54, 1.807) is 6.92 Å². The van der Waals surface area contributed by atoms with Gasteiger partial charge in [-0.05, 0) is 19.8 Å². The third-order valence-corrected chi connectivity index (χ3v) is 2.20. The zero-order valence-electron chi connectivity index (χ0n) is 8.40. The number of amides is 1. The van der Waals surface area contributed by atoms with E-state index in [1.165, 1.54) is 0 Å². The quantitative estimate of drug-likeness (QED) is 0.631. The molecule has 3 unspecified atom stereocenters. The van der Waals surface area contributed by atoms with Gasteiger partial charge < -0.3 is 15.2 Å². The van der Waals surface area contributed by atoms with Gasteiger partial charge in [-0.15, -0.1) is 6.42 Å². The fourth-order valence-corrected chi connectivity index (χ4v) is 1.36. The Kier molecular flexibility index (Phi) is 3.69. The molecule has 5 nitrogen and oxygen atoms in total. The van der Waals surface area contributed by atoms with Crippen molar-refractivity contribution in [3.8, 4) is 12.3 Å². The lowest BCUT2D eigenvalue weighted by Crippen LogP contribution is -2.39. The van der Waals surface area contributed by atoms with E-state index in [4.69, 9.17) is 16.3 Å². The maximum atomic E-state index is 11.5.